The van der Waals surface area contributed by atoms with Crippen LogP contribution in [0.1, 0.15) is 19.8 Å². The molecule has 4 aromatic rings. The first-order valence-corrected chi connectivity index (χ1v) is 11.2. The highest BCUT2D eigenvalue weighted by molar-refractivity contribution is 7.17. The monoisotopic (exact) mass is 417 g/mol. The normalized spacial score (nSPS) is 15.2. The molecule has 0 bridgehead atoms. The van der Waals surface area contributed by atoms with Gasteiger partial charge in [-0.2, -0.15) is 0 Å². The number of piperidine rings is 1. The van der Waals surface area contributed by atoms with Crippen LogP contribution in [-0.2, 0) is 11.3 Å². The molecule has 2 aromatic heterocycles. The van der Waals surface area contributed by atoms with Crippen LogP contribution in [0.2, 0.25) is 0 Å². The highest BCUT2D eigenvalue weighted by Gasteiger charge is 2.21. The number of aromatic nitrogens is 2. The summed E-state index contributed by atoms with van der Waals surface area (Å²) in [5.41, 5.74) is 1.72. The smallest absolute Gasteiger partial charge is 0.263 e. The van der Waals surface area contributed by atoms with Crippen molar-refractivity contribution in [1.29, 1.82) is 0 Å². The van der Waals surface area contributed by atoms with Crippen LogP contribution >= 0.6 is 11.3 Å². The van der Waals surface area contributed by atoms with Gasteiger partial charge in [0.15, 0.2) is 0 Å². The Labute approximate surface area is 178 Å². The van der Waals surface area contributed by atoms with E-state index in [1.807, 2.05) is 28.5 Å². The molecule has 5 nitrogen and oxygen atoms in total. The lowest BCUT2D eigenvalue weighted by Crippen LogP contribution is -2.41. The van der Waals surface area contributed by atoms with Crippen LogP contribution in [0.25, 0.3) is 32.1 Å². The van der Waals surface area contributed by atoms with Gasteiger partial charge in [-0.3, -0.25) is 14.2 Å². The number of carbonyl (C=O) groups is 1. The van der Waals surface area contributed by atoms with Gasteiger partial charge < -0.3 is 4.90 Å². The molecule has 0 atom stereocenters. The number of hydrogen-bond acceptors (Lipinski definition) is 4. The third kappa shape index (κ3) is 3.41. The molecule has 0 radical (unpaired) electrons. The number of thiophene rings is 1. The van der Waals surface area contributed by atoms with Crippen molar-refractivity contribution in [2.24, 2.45) is 5.92 Å². The van der Waals surface area contributed by atoms with Gasteiger partial charge in [-0.1, -0.05) is 43.3 Å². The average Bonchev–Trinajstić information content (AvgIpc) is 3.21. The Morgan fingerprint density at radius 3 is 2.70 bits per heavy atom. The molecule has 1 aliphatic heterocycles. The van der Waals surface area contributed by atoms with E-state index in [1.165, 1.54) is 22.2 Å². The summed E-state index contributed by atoms with van der Waals surface area (Å²) in [6, 6.07) is 14.4. The van der Waals surface area contributed by atoms with Crippen molar-refractivity contribution >= 4 is 38.2 Å². The van der Waals surface area contributed by atoms with E-state index in [4.69, 9.17) is 0 Å². The molecular weight excluding hydrogens is 394 g/mol. The summed E-state index contributed by atoms with van der Waals surface area (Å²) in [5, 5.41) is 4.88. The van der Waals surface area contributed by atoms with E-state index in [9.17, 15) is 9.59 Å². The molecule has 6 heteroatoms. The second-order valence-electron chi connectivity index (χ2n) is 8.13. The number of nitrogens with zero attached hydrogens (tertiary/aromatic N) is 3. The van der Waals surface area contributed by atoms with E-state index in [0.717, 1.165) is 47.8 Å². The summed E-state index contributed by atoms with van der Waals surface area (Å²) >= 11 is 1.46. The quantitative estimate of drug-likeness (QED) is 0.492. The van der Waals surface area contributed by atoms with Crippen molar-refractivity contribution in [3.8, 4) is 11.1 Å². The third-order valence-electron chi connectivity index (χ3n) is 6.06. The van der Waals surface area contributed by atoms with Gasteiger partial charge in [0.2, 0.25) is 5.91 Å². The molecule has 0 aliphatic carbocycles. The molecule has 152 valence electrons. The predicted molar refractivity (Wildman–Crippen MR) is 122 cm³/mol. The minimum Gasteiger partial charge on any atom is -0.341 e. The van der Waals surface area contributed by atoms with Gasteiger partial charge in [-0.15, -0.1) is 11.3 Å². The van der Waals surface area contributed by atoms with Crippen molar-refractivity contribution in [2.45, 2.75) is 26.3 Å². The largest absolute Gasteiger partial charge is 0.341 e. The Morgan fingerprint density at radius 1 is 1.13 bits per heavy atom. The molecule has 3 heterocycles. The second kappa shape index (κ2) is 7.69. The fourth-order valence-corrected chi connectivity index (χ4v) is 5.06. The Bertz CT molecular complexity index is 1300. The topological polar surface area (TPSA) is 55.2 Å². The van der Waals surface area contributed by atoms with E-state index in [0.29, 0.717) is 16.1 Å². The summed E-state index contributed by atoms with van der Waals surface area (Å²) in [5.74, 6) is 0.651. The van der Waals surface area contributed by atoms with Crippen LogP contribution in [-0.4, -0.2) is 33.4 Å². The molecule has 1 aliphatic rings. The highest BCUT2D eigenvalue weighted by Crippen LogP contribution is 2.32. The first kappa shape index (κ1) is 19.0. The van der Waals surface area contributed by atoms with Crippen LogP contribution < -0.4 is 5.56 Å². The number of benzene rings is 2. The molecule has 5 rings (SSSR count). The van der Waals surface area contributed by atoms with E-state index in [2.05, 4.69) is 36.2 Å². The number of likely N-dealkylation sites (tertiary alicyclic amines) is 1. The van der Waals surface area contributed by atoms with E-state index < -0.39 is 0 Å². The number of amides is 1. The minimum atomic E-state index is -0.150. The maximum absolute atomic E-state index is 13.3. The number of carbonyl (C=O) groups excluding carboxylic acids is 1. The maximum Gasteiger partial charge on any atom is 0.263 e. The average molecular weight is 418 g/mol. The fraction of sp³-hybridized carbons (Fsp3) is 0.292. The fourth-order valence-electron chi connectivity index (χ4n) is 4.15. The molecule has 0 N–H and O–H groups in total. The van der Waals surface area contributed by atoms with Gasteiger partial charge in [0, 0.05) is 24.0 Å². The lowest BCUT2D eigenvalue weighted by Gasteiger charge is -2.30. The van der Waals surface area contributed by atoms with E-state index in [1.54, 1.807) is 0 Å². The van der Waals surface area contributed by atoms with Gasteiger partial charge in [-0.05, 0) is 41.2 Å². The van der Waals surface area contributed by atoms with Gasteiger partial charge in [0.25, 0.3) is 5.56 Å². The van der Waals surface area contributed by atoms with Crippen LogP contribution in [0.15, 0.2) is 59.0 Å². The van der Waals surface area contributed by atoms with Gasteiger partial charge in [-0.25, -0.2) is 4.98 Å². The third-order valence-corrected chi connectivity index (χ3v) is 6.95. The molecule has 1 saturated heterocycles. The summed E-state index contributed by atoms with van der Waals surface area (Å²) < 4.78 is 1.46. The van der Waals surface area contributed by atoms with Crippen molar-refractivity contribution < 1.29 is 4.79 Å². The molecule has 30 heavy (non-hydrogen) atoms. The zero-order chi connectivity index (χ0) is 20.7. The highest BCUT2D eigenvalue weighted by atomic mass is 32.1. The lowest BCUT2D eigenvalue weighted by atomic mass is 9.99. The number of rotatable bonds is 3. The van der Waals surface area contributed by atoms with Crippen molar-refractivity contribution in [1.82, 2.24) is 14.5 Å². The zero-order valence-corrected chi connectivity index (χ0v) is 17.7. The Balaban J connectivity index is 1.51. The summed E-state index contributed by atoms with van der Waals surface area (Å²) in [6.45, 7) is 3.80. The standard InChI is InChI=1S/C24H23N3O2S/c1-16-8-10-26(11-9-16)21(28)13-27-15-25-23-22(24(27)29)20(14-30-23)19-7-6-17-4-2-3-5-18(17)12-19/h2-7,12,14-16H,8-11,13H2,1H3. The van der Waals surface area contributed by atoms with Crippen LogP contribution in [0.4, 0.5) is 0 Å². The van der Waals surface area contributed by atoms with Crippen molar-refractivity contribution in [3.63, 3.8) is 0 Å². The lowest BCUT2D eigenvalue weighted by molar-refractivity contribution is -0.133. The molecule has 1 amide bonds. The van der Waals surface area contributed by atoms with Crippen LogP contribution in [0.5, 0.6) is 0 Å². The first-order chi connectivity index (χ1) is 14.6. The van der Waals surface area contributed by atoms with Crippen molar-refractivity contribution in [3.05, 3.63) is 64.5 Å². The summed E-state index contributed by atoms with van der Waals surface area (Å²) in [4.78, 5) is 33.1. The Kier molecular flexibility index (Phi) is 4.87. The molecule has 0 unspecified atom stereocenters. The summed E-state index contributed by atoms with van der Waals surface area (Å²) in [6.07, 6.45) is 3.55. The molecule has 2 aromatic carbocycles. The van der Waals surface area contributed by atoms with Crippen LogP contribution in [0.3, 0.4) is 0 Å². The van der Waals surface area contributed by atoms with E-state index >= 15 is 0 Å². The Hall–Kier alpha value is -2.99. The maximum atomic E-state index is 13.3. The van der Waals surface area contributed by atoms with Gasteiger partial charge in [0.1, 0.15) is 11.4 Å². The molecular formula is C24H23N3O2S. The van der Waals surface area contributed by atoms with Gasteiger partial charge >= 0.3 is 0 Å². The second-order valence-corrected chi connectivity index (χ2v) is 8.99. The Morgan fingerprint density at radius 2 is 1.90 bits per heavy atom. The number of fused-ring (bicyclic) bond motifs is 2. The zero-order valence-electron chi connectivity index (χ0n) is 16.9. The molecule has 0 spiro atoms. The first-order valence-electron chi connectivity index (χ1n) is 10.3. The van der Waals surface area contributed by atoms with Crippen LogP contribution in [0, 0.1) is 5.92 Å². The molecule has 0 saturated carbocycles. The van der Waals surface area contributed by atoms with Gasteiger partial charge in [0.05, 0.1) is 11.7 Å². The van der Waals surface area contributed by atoms with E-state index in [-0.39, 0.29) is 18.0 Å². The summed E-state index contributed by atoms with van der Waals surface area (Å²) in [7, 11) is 0. The number of hydrogen-bond donors (Lipinski definition) is 0. The predicted octanol–water partition coefficient (Wildman–Crippen LogP) is 4.54. The molecule has 1 fully saturated rings. The van der Waals surface area contributed by atoms with Crippen molar-refractivity contribution in [2.75, 3.05) is 13.1 Å². The SMILES string of the molecule is CC1CCN(C(=O)Cn2cnc3scc(-c4ccc5ccccc5c4)c3c2=O)CC1. The minimum absolute atomic E-state index is 0.00682.